The minimum Gasteiger partial charge on any atom is -0.393 e. The van der Waals surface area contributed by atoms with Crippen LogP contribution in [0.4, 0.5) is 4.79 Å². The van der Waals surface area contributed by atoms with Gasteiger partial charge in [0.2, 0.25) is 0 Å². The molecule has 6 N–H and O–H groups in total. The van der Waals surface area contributed by atoms with Crippen molar-refractivity contribution >= 4 is 12.2 Å². The number of hydrogen-bond acceptors (Lipinski definition) is 5. The summed E-state index contributed by atoms with van der Waals surface area (Å²) in [6, 6.07) is -0.771. The molecule has 4 rings (SSSR count). The maximum absolute atomic E-state index is 12.0. The lowest BCUT2D eigenvalue weighted by Crippen LogP contribution is -2.65. The van der Waals surface area contributed by atoms with Crippen molar-refractivity contribution in [1.29, 1.82) is 0 Å². The molecule has 158 valence electrons. The molecule has 0 bridgehead atoms. The van der Waals surface area contributed by atoms with Crippen molar-refractivity contribution in [2.24, 2.45) is 39.4 Å². The topological polar surface area (TPSA) is 128 Å². The lowest BCUT2D eigenvalue weighted by atomic mass is 9.43. The third-order valence-electron chi connectivity index (χ3n) is 9.48. The number of carbonyl (C=O) groups is 1. The van der Waals surface area contributed by atoms with Gasteiger partial charge in [0, 0.05) is 5.41 Å². The number of aliphatic hydroxyl groups excluding tert-OH is 1. The largest absolute Gasteiger partial charge is 0.393 e. The van der Waals surface area contributed by atoms with Gasteiger partial charge in [-0.15, -0.1) is 0 Å². The standard InChI is InChI=1S/C21H35N3O4/c1-18-7-5-14(25)11-13(18)3-4-16-15(18)6-8-19(2)20(27,9-10-21(16,19)28)12-23-24-17(22)26/h12-16,25,27-28H,3-11H2,1-2H3,(H3,22,24,26)/b23-12+/t13-,14+,15+,16-,18+,19-,20+,21+/m1/s1. The number of nitrogens with two attached hydrogens (primary N) is 1. The first-order valence-corrected chi connectivity index (χ1v) is 10.8. The molecule has 4 aliphatic carbocycles. The zero-order chi connectivity index (χ0) is 20.4. The van der Waals surface area contributed by atoms with Crippen molar-refractivity contribution in [3.63, 3.8) is 0 Å². The summed E-state index contributed by atoms with van der Waals surface area (Å²) in [5.74, 6) is 1.08. The van der Waals surface area contributed by atoms with Crippen molar-refractivity contribution in [3.05, 3.63) is 0 Å². The molecule has 0 spiro atoms. The molecule has 0 aliphatic heterocycles. The SMILES string of the molecule is C[C@]12CC[C@H](O)C[C@H]1CC[C@@H]1[C@@H]2CC[C@]2(C)[C@@](O)(/C=N/NC(N)=O)CC[C@]12O. The van der Waals surface area contributed by atoms with E-state index in [1.54, 1.807) is 0 Å². The highest BCUT2D eigenvalue weighted by atomic mass is 16.3. The molecule has 0 aromatic carbocycles. The van der Waals surface area contributed by atoms with Crippen molar-refractivity contribution in [2.75, 3.05) is 0 Å². The fourth-order valence-electron chi connectivity index (χ4n) is 7.67. The Balaban J connectivity index is 1.63. The van der Waals surface area contributed by atoms with Crippen LogP contribution in [-0.4, -0.2) is 44.9 Å². The van der Waals surface area contributed by atoms with E-state index >= 15 is 0 Å². The van der Waals surface area contributed by atoms with Crippen molar-refractivity contribution in [3.8, 4) is 0 Å². The van der Waals surface area contributed by atoms with Crippen LogP contribution in [0.2, 0.25) is 0 Å². The highest BCUT2D eigenvalue weighted by molar-refractivity contribution is 5.76. The average molecular weight is 394 g/mol. The molecule has 7 heteroatoms. The zero-order valence-corrected chi connectivity index (χ0v) is 17.0. The molecule has 8 atom stereocenters. The number of carbonyl (C=O) groups excluding carboxylic acids is 1. The highest BCUT2D eigenvalue weighted by Crippen LogP contribution is 2.69. The Morgan fingerprint density at radius 1 is 1.07 bits per heavy atom. The first kappa shape index (κ1) is 20.1. The first-order chi connectivity index (χ1) is 13.1. The second-order valence-corrected chi connectivity index (χ2v) is 10.4. The van der Waals surface area contributed by atoms with E-state index in [1.807, 2.05) is 6.92 Å². The quantitative estimate of drug-likeness (QED) is 0.362. The van der Waals surface area contributed by atoms with E-state index in [1.165, 1.54) is 6.21 Å². The number of urea groups is 1. The molecule has 4 fully saturated rings. The van der Waals surface area contributed by atoms with E-state index in [9.17, 15) is 20.1 Å². The fourth-order valence-corrected chi connectivity index (χ4v) is 7.67. The molecule has 2 amide bonds. The second-order valence-electron chi connectivity index (χ2n) is 10.4. The number of nitrogens with zero attached hydrogens (tertiary/aromatic N) is 1. The lowest BCUT2D eigenvalue weighted by molar-refractivity contribution is -0.223. The number of primary amides is 1. The minimum atomic E-state index is -1.27. The van der Waals surface area contributed by atoms with Gasteiger partial charge in [-0.3, -0.25) is 0 Å². The van der Waals surface area contributed by atoms with Gasteiger partial charge in [0.15, 0.2) is 0 Å². The number of fused-ring (bicyclic) bond motifs is 5. The number of hydrogen-bond donors (Lipinski definition) is 5. The minimum absolute atomic E-state index is 0.147. The van der Waals surface area contributed by atoms with Gasteiger partial charge < -0.3 is 21.1 Å². The number of aliphatic hydroxyl groups is 3. The molecule has 0 radical (unpaired) electrons. The van der Waals surface area contributed by atoms with Gasteiger partial charge in [-0.1, -0.05) is 13.8 Å². The maximum atomic E-state index is 12.0. The summed E-state index contributed by atoms with van der Waals surface area (Å²) in [5, 5.41) is 37.4. The fraction of sp³-hybridized carbons (Fsp3) is 0.905. The molecular weight excluding hydrogens is 358 g/mol. The van der Waals surface area contributed by atoms with Gasteiger partial charge in [-0.2, -0.15) is 5.10 Å². The van der Waals surface area contributed by atoms with E-state index in [0.717, 1.165) is 38.5 Å². The summed E-state index contributed by atoms with van der Waals surface area (Å²) in [4.78, 5) is 10.9. The Kier molecular flexibility index (Phi) is 4.60. The van der Waals surface area contributed by atoms with Gasteiger partial charge in [0.1, 0.15) is 5.60 Å². The van der Waals surface area contributed by atoms with Gasteiger partial charge in [-0.25, -0.2) is 10.2 Å². The molecule has 28 heavy (non-hydrogen) atoms. The predicted molar refractivity (Wildman–Crippen MR) is 105 cm³/mol. The van der Waals surface area contributed by atoms with Crippen LogP contribution in [0.5, 0.6) is 0 Å². The van der Waals surface area contributed by atoms with E-state index < -0.39 is 22.6 Å². The summed E-state index contributed by atoms with van der Waals surface area (Å²) in [6.07, 6.45) is 8.55. The lowest BCUT2D eigenvalue weighted by Gasteiger charge is -2.64. The van der Waals surface area contributed by atoms with Gasteiger partial charge in [0.25, 0.3) is 0 Å². The smallest absolute Gasteiger partial charge is 0.332 e. The first-order valence-electron chi connectivity index (χ1n) is 10.8. The summed E-state index contributed by atoms with van der Waals surface area (Å²) >= 11 is 0. The number of hydrazone groups is 1. The molecule has 7 nitrogen and oxygen atoms in total. The summed E-state index contributed by atoms with van der Waals surface area (Å²) < 4.78 is 0. The van der Waals surface area contributed by atoms with Crippen molar-refractivity contribution in [1.82, 2.24) is 5.43 Å². The number of nitrogens with one attached hydrogen (secondary N) is 1. The highest BCUT2D eigenvalue weighted by Gasteiger charge is 2.71. The predicted octanol–water partition coefficient (Wildman–Crippen LogP) is 1.89. The monoisotopic (exact) mass is 393 g/mol. The maximum Gasteiger partial charge on any atom is 0.332 e. The molecule has 0 saturated heterocycles. The van der Waals surface area contributed by atoms with Crippen LogP contribution in [0.15, 0.2) is 5.10 Å². The second kappa shape index (κ2) is 6.41. The normalized spacial score (nSPS) is 53.3. The van der Waals surface area contributed by atoms with E-state index in [-0.39, 0.29) is 17.4 Å². The van der Waals surface area contributed by atoms with Crippen LogP contribution in [0, 0.1) is 28.6 Å². The van der Waals surface area contributed by atoms with E-state index in [4.69, 9.17) is 5.73 Å². The third kappa shape index (κ3) is 2.58. The molecule has 0 heterocycles. The van der Waals surface area contributed by atoms with Crippen LogP contribution >= 0.6 is 0 Å². The third-order valence-corrected chi connectivity index (χ3v) is 9.48. The van der Waals surface area contributed by atoms with Crippen LogP contribution in [0.1, 0.15) is 71.6 Å². The number of rotatable bonds is 2. The van der Waals surface area contributed by atoms with E-state index in [0.29, 0.717) is 31.1 Å². The summed E-state index contributed by atoms with van der Waals surface area (Å²) in [6.45, 7) is 4.34. The molecule has 4 saturated carbocycles. The van der Waals surface area contributed by atoms with Crippen LogP contribution in [0.3, 0.4) is 0 Å². The molecule has 0 unspecified atom stereocenters. The Bertz CT molecular complexity index is 687. The van der Waals surface area contributed by atoms with Gasteiger partial charge in [0.05, 0.1) is 17.9 Å². The Morgan fingerprint density at radius 2 is 1.82 bits per heavy atom. The molecule has 4 aliphatic rings. The Morgan fingerprint density at radius 3 is 2.54 bits per heavy atom. The number of amides is 2. The van der Waals surface area contributed by atoms with Crippen LogP contribution < -0.4 is 11.2 Å². The van der Waals surface area contributed by atoms with Crippen molar-refractivity contribution in [2.45, 2.75) is 88.9 Å². The molecule has 0 aromatic heterocycles. The Hall–Kier alpha value is -1.18. The van der Waals surface area contributed by atoms with Crippen LogP contribution in [-0.2, 0) is 0 Å². The van der Waals surface area contributed by atoms with Gasteiger partial charge >= 0.3 is 6.03 Å². The molecule has 0 aromatic rings. The van der Waals surface area contributed by atoms with E-state index in [2.05, 4.69) is 17.5 Å². The Labute approximate surface area is 166 Å². The summed E-state index contributed by atoms with van der Waals surface area (Å²) in [7, 11) is 0. The van der Waals surface area contributed by atoms with Gasteiger partial charge in [-0.05, 0) is 81.0 Å². The van der Waals surface area contributed by atoms with Crippen molar-refractivity contribution < 1.29 is 20.1 Å². The average Bonchev–Trinajstić information content (AvgIpc) is 2.83. The zero-order valence-electron chi connectivity index (χ0n) is 17.0. The summed E-state index contributed by atoms with van der Waals surface area (Å²) in [5.41, 5.74) is 4.47. The molecular formula is C21H35N3O4. The van der Waals surface area contributed by atoms with Crippen LogP contribution in [0.25, 0.3) is 0 Å².